The lowest BCUT2D eigenvalue weighted by Gasteiger charge is -2.10. The molecule has 5 heteroatoms. The number of fused-ring (bicyclic) bond motifs is 1. The Hall–Kier alpha value is -3.99. The monoisotopic (exact) mass is 397 g/mol. The molecular formula is C25H19NO4. The zero-order chi connectivity index (χ0) is 20.9. The number of hydrogen-bond acceptors (Lipinski definition) is 5. The van der Waals surface area contributed by atoms with Crippen molar-refractivity contribution in [3.63, 3.8) is 0 Å². The van der Waals surface area contributed by atoms with Crippen LogP contribution in [0.2, 0.25) is 0 Å². The predicted octanol–water partition coefficient (Wildman–Crippen LogP) is 5.05. The SMILES string of the molecule is COC(=O)c1ccc(COC(=O)c2cc(-c3ccccc3)nc3ccccc23)cc1. The molecule has 0 bridgehead atoms. The molecule has 0 spiro atoms. The van der Waals surface area contributed by atoms with Crippen LogP contribution in [0, 0.1) is 0 Å². The number of pyridine rings is 1. The van der Waals surface area contributed by atoms with Crippen LogP contribution >= 0.6 is 0 Å². The normalized spacial score (nSPS) is 10.6. The molecule has 148 valence electrons. The maximum atomic E-state index is 12.9. The molecule has 0 aliphatic heterocycles. The summed E-state index contributed by atoms with van der Waals surface area (Å²) in [5.74, 6) is -0.835. The minimum absolute atomic E-state index is 0.0948. The van der Waals surface area contributed by atoms with E-state index in [2.05, 4.69) is 4.98 Å². The molecule has 30 heavy (non-hydrogen) atoms. The molecule has 0 N–H and O–H groups in total. The Morgan fingerprint density at radius 1 is 0.833 bits per heavy atom. The fourth-order valence-electron chi connectivity index (χ4n) is 3.18. The van der Waals surface area contributed by atoms with E-state index in [0.29, 0.717) is 16.8 Å². The van der Waals surface area contributed by atoms with Gasteiger partial charge in [0.05, 0.1) is 29.4 Å². The number of nitrogens with zero attached hydrogens (tertiary/aromatic N) is 1. The Balaban J connectivity index is 1.60. The van der Waals surface area contributed by atoms with E-state index in [1.165, 1.54) is 7.11 Å². The number of methoxy groups -OCH3 is 1. The van der Waals surface area contributed by atoms with Crippen LogP contribution in [0.5, 0.6) is 0 Å². The molecule has 0 fully saturated rings. The third-order valence-electron chi connectivity index (χ3n) is 4.75. The molecule has 0 aliphatic carbocycles. The van der Waals surface area contributed by atoms with E-state index < -0.39 is 11.9 Å². The first kappa shape index (κ1) is 19.3. The van der Waals surface area contributed by atoms with Crippen molar-refractivity contribution in [2.75, 3.05) is 7.11 Å². The highest BCUT2D eigenvalue weighted by atomic mass is 16.5. The van der Waals surface area contributed by atoms with Crippen LogP contribution in [0.15, 0.2) is 84.9 Å². The zero-order valence-corrected chi connectivity index (χ0v) is 16.4. The number of rotatable bonds is 5. The molecule has 0 amide bonds. The lowest BCUT2D eigenvalue weighted by Crippen LogP contribution is -2.07. The Morgan fingerprint density at radius 3 is 2.27 bits per heavy atom. The Labute approximate surface area is 173 Å². The molecular weight excluding hydrogens is 378 g/mol. The van der Waals surface area contributed by atoms with E-state index in [0.717, 1.165) is 22.0 Å². The smallest absolute Gasteiger partial charge is 0.339 e. The molecule has 1 aromatic heterocycles. The summed E-state index contributed by atoms with van der Waals surface area (Å²) in [5, 5.41) is 0.739. The van der Waals surface area contributed by atoms with Crippen molar-refractivity contribution in [3.05, 3.63) is 102 Å². The van der Waals surface area contributed by atoms with Gasteiger partial charge in [-0.3, -0.25) is 0 Å². The molecule has 0 saturated carbocycles. The van der Waals surface area contributed by atoms with Gasteiger partial charge in [-0.1, -0.05) is 60.7 Å². The maximum Gasteiger partial charge on any atom is 0.339 e. The van der Waals surface area contributed by atoms with Crippen molar-refractivity contribution in [1.82, 2.24) is 4.98 Å². The fraction of sp³-hybridized carbons (Fsp3) is 0.0800. The molecule has 0 aliphatic rings. The third-order valence-corrected chi connectivity index (χ3v) is 4.75. The average Bonchev–Trinajstić information content (AvgIpc) is 2.82. The first-order chi connectivity index (χ1) is 14.7. The Kier molecular flexibility index (Phi) is 5.52. The van der Waals surface area contributed by atoms with Gasteiger partial charge in [0.15, 0.2) is 0 Å². The standard InChI is InChI=1S/C25H19NO4/c1-29-24(27)19-13-11-17(12-14-19)16-30-25(28)21-15-23(18-7-3-2-4-8-18)26-22-10-6-5-9-20(21)22/h2-15H,16H2,1H3. The van der Waals surface area contributed by atoms with Gasteiger partial charge < -0.3 is 9.47 Å². The number of hydrogen-bond donors (Lipinski definition) is 0. The molecule has 1 heterocycles. The highest BCUT2D eigenvalue weighted by Crippen LogP contribution is 2.25. The van der Waals surface area contributed by atoms with Crippen LogP contribution in [0.1, 0.15) is 26.3 Å². The summed E-state index contributed by atoms with van der Waals surface area (Å²) in [4.78, 5) is 29.1. The number of benzene rings is 3. The second-order valence-electron chi connectivity index (χ2n) is 6.70. The van der Waals surface area contributed by atoms with Gasteiger partial charge in [0.1, 0.15) is 6.61 Å². The van der Waals surface area contributed by atoms with Gasteiger partial charge in [0.25, 0.3) is 0 Å². The van der Waals surface area contributed by atoms with Crippen molar-refractivity contribution < 1.29 is 19.1 Å². The quantitative estimate of drug-likeness (QED) is 0.441. The van der Waals surface area contributed by atoms with Gasteiger partial charge in [-0.25, -0.2) is 14.6 Å². The number of carbonyl (C=O) groups excluding carboxylic acids is 2. The molecule has 4 rings (SSSR count). The molecule has 0 atom stereocenters. The second kappa shape index (κ2) is 8.57. The minimum atomic E-state index is -0.428. The van der Waals surface area contributed by atoms with Crippen LogP contribution in [-0.4, -0.2) is 24.0 Å². The van der Waals surface area contributed by atoms with E-state index >= 15 is 0 Å². The van der Waals surface area contributed by atoms with E-state index in [-0.39, 0.29) is 6.61 Å². The summed E-state index contributed by atoms with van der Waals surface area (Å²) in [7, 11) is 1.33. The Morgan fingerprint density at radius 2 is 1.53 bits per heavy atom. The third kappa shape index (κ3) is 4.05. The molecule has 5 nitrogen and oxygen atoms in total. The number of esters is 2. The van der Waals surface area contributed by atoms with Gasteiger partial charge in [0, 0.05) is 10.9 Å². The zero-order valence-electron chi connectivity index (χ0n) is 16.4. The number of para-hydroxylation sites is 1. The van der Waals surface area contributed by atoms with Gasteiger partial charge in [-0.05, 0) is 29.8 Å². The van der Waals surface area contributed by atoms with E-state index in [1.807, 2.05) is 54.6 Å². The van der Waals surface area contributed by atoms with E-state index in [4.69, 9.17) is 9.47 Å². The Bertz CT molecular complexity index is 1200. The highest BCUT2D eigenvalue weighted by Gasteiger charge is 2.15. The summed E-state index contributed by atoms with van der Waals surface area (Å²) in [6.45, 7) is 0.0948. The number of ether oxygens (including phenoxy) is 2. The van der Waals surface area contributed by atoms with Crippen LogP contribution in [0.3, 0.4) is 0 Å². The average molecular weight is 397 g/mol. The number of aromatic nitrogens is 1. The van der Waals surface area contributed by atoms with Crippen molar-refractivity contribution in [3.8, 4) is 11.3 Å². The summed E-state index contributed by atoms with van der Waals surface area (Å²) in [6, 6.07) is 25.7. The molecule has 0 saturated heterocycles. The van der Waals surface area contributed by atoms with E-state index in [1.54, 1.807) is 30.3 Å². The maximum absolute atomic E-state index is 12.9. The van der Waals surface area contributed by atoms with Crippen LogP contribution in [-0.2, 0) is 16.1 Å². The van der Waals surface area contributed by atoms with Gasteiger partial charge in [-0.15, -0.1) is 0 Å². The largest absolute Gasteiger partial charge is 0.465 e. The highest BCUT2D eigenvalue weighted by molar-refractivity contribution is 6.04. The van der Waals surface area contributed by atoms with Gasteiger partial charge in [-0.2, -0.15) is 0 Å². The first-order valence-electron chi connectivity index (χ1n) is 9.45. The molecule has 3 aromatic carbocycles. The molecule has 4 aromatic rings. The lowest BCUT2D eigenvalue weighted by molar-refractivity contribution is 0.0473. The number of carbonyl (C=O) groups is 2. The minimum Gasteiger partial charge on any atom is -0.465 e. The van der Waals surface area contributed by atoms with Crippen LogP contribution < -0.4 is 0 Å². The first-order valence-corrected chi connectivity index (χ1v) is 9.45. The van der Waals surface area contributed by atoms with E-state index in [9.17, 15) is 9.59 Å². The second-order valence-corrected chi connectivity index (χ2v) is 6.70. The topological polar surface area (TPSA) is 65.5 Å². The summed E-state index contributed by atoms with van der Waals surface area (Å²) in [6.07, 6.45) is 0. The van der Waals surface area contributed by atoms with Crippen molar-refractivity contribution in [2.24, 2.45) is 0 Å². The molecule has 0 unspecified atom stereocenters. The van der Waals surface area contributed by atoms with Crippen molar-refractivity contribution in [1.29, 1.82) is 0 Å². The van der Waals surface area contributed by atoms with Crippen LogP contribution in [0.25, 0.3) is 22.2 Å². The summed E-state index contributed by atoms with van der Waals surface area (Å²) < 4.78 is 10.2. The fourth-order valence-corrected chi connectivity index (χ4v) is 3.18. The van der Waals surface area contributed by atoms with Crippen molar-refractivity contribution >= 4 is 22.8 Å². The molecule has 0 radical (unpaired) electrons. The summed E-state index contributed by atoms with van der Waals surface area (Å²) >= 11 is 0. The van der Waals surface area contributed by atoms with Gasteiger partial charge >= 0.3 is 11.9 Å². The van der Waals surface area contributed by atoms with Crippen LogP contribution in [0.4, 0.5) is 0 Å². The van der Waals surface area contributed by atoms with Gasteiger partial charge in [0.2, 0.25) is 0 Å². The van der Waals surface area contributed by atoms with Crippen molar-refractivity contribution in [2.45, 2.75) is 6.61 Å². The predicted molar refractivity (Wildman–Crippen MR) is 114 cm³/mol. The summed E-state index contributed by atoms with van der Waals surface area (Å²) in [5.41, 5.74) is 4.05. The lowest BCUT2D eigenvalue weighted by atomic mass is 10.0.